The fraction of sp³-hybridized carbons (Fsp3) is 0.556. The summed E-state index contributed by atoms with van der Waals surface area (Å²) in [7, 11) is 1.50. The molecular formula is C9H21N4O2Y-. The number of nitrogens with two attached hydrogens (primary N) is 2. The number of hydrogen-bond acceptors (Lipinski definition) is 5. The summed E-state index contributed by atoms with van der Waals surface area (Å²) >= 11 is 0. The van der Waals surface area contributed by atoms with Gasteiger partial charge in [0.1, 0.15) is 6.73 Å². The Hall–Kier alpha value is -0.156. The number of ether oxygens (including phenoxy) is 1. The molecule has 0 aromatic rings. The van der Waals surface area contributed by atoms with Crippen LogP contribution in [0, 0.1) is 12.8 Å². The first-order valence-electron chi connectivity index (χ1n) is 4.28. The monoisotopic (exact) mass is 306 g/mol. The van der Waals surface area contributed by atoms with E-state index in [1.165, 1.54) is 13.1 Å². The van der Waals surface area contributed by atoms with E-state index in [9.17, 15) is 0 Å². The molecule has 6 nitrogen and oxygen atoms in total. The fourth-order valence-corrected chi connectivity index (χ4v) is 0.541. The van der Waals surface area contributed by atoms with Gasteiger partial charge in [-0.3, -0.25) is 5.73 Å². The van der Waals surface area contributed by atoms with E-state index in [0.717, 1.165) is 0 Å². The second-order valence-corrected chi connectivity index (χ2v) is 1.74. The second kappa shape index (κ2) is 29.4. The third kappa shape index (κ3) is 23.6. The molecule has 93 valence electrons. The third-order valence-electron chi connectivity index (χ3n) is 0.940. The largest absolute Gasteiger partial charge is 0.676 e. The molecular weight excluding hydrogens is 285 g/mol. The predicted octanol–water partition coefficient (Wildman–Crippen LogP) is -0.783. The Bertz CT molecular complexity index is 154. The summed E-state index contributed by atoms with van der Waals surface area (Å²) in [6.45, 7) is 0.722. The zero-order valence-corrected chi connectivity index (χ0v) is 12.5. The molecule has 0 fully saturated rings. The van der Waals surface area contributed by atoms with Gasteiger partial charge in [0.05, 0.1) is 6.61 Å². The minimum atomic E-state index is -0.0969. The molecule has 0 bridgehead atoms. The molecule has 0 aliphatic carbocycles. The summed E-state index contributed by atoms with van der Waals surface area (Å²) in [6, 6.07) is 0. The smallest absolute Gasteiger partial charge is 0.186 e. The Kier molecular flexibility index (Phi) is 45.7. The van der Waals surface area contributed by atoms with Crippen molar-refractivity contribution in [2.24, 2.45) is 11.5 Å². The van der Waals surface area contributed by atoms with Crippen LogP contribution < -0.4 is 16.8 Å². The average Bonchev–Trinajstić information content (AvgIpc) is 2.32. The minimum Gasteiger partial charge on any atom is -0.676 e. The molecule has 7 heteroatoms. The number of terminal acetylenes is 1. The second-order valence-electron chi connectivity index (χ2n) is 1.74. The van der Waals surface area contributed by atoms with Crippen molar-refractivity contribution in [2.75, 3.05) is 33.5 Å². The maximum absolute atomic E-state index is 8.48. The van der Waals surface area contributed by atoms with Crippen LogP contribution in [0.25, 0.3) is 5.73 Å². The van der Waals surface area contributed by atoms with E-state index in [-0.39, 0.29) is 52.6 Å². The average molecular weight is 306 g/mol. The van der Waals surface area contributed by atoms with E-state index < -0.39 is 0 Å². The summed E-state index contributed by atoms with van der Waals surface area (Å²) in [6.07, 6.45) is 9.46. The first-order valence-corrected chi connectivity index (χ1v) is 4.28. The zero-order chi connectivity index (χ0) is 12.5. The minimum absolute atomic E-state index is 0. The van der Waals surface area contributed by atoms with Crippen LogP contribution in [0.4, 0.5) is 0 Å². The molecule has 0 saturated carbocycles. The van der Waals surface area contributed by atoms with Gasteiger partial charge in [0.25, 0.3) is 0 Å². The first kappa shape index (κ1) is 24.9. The topological polar surface area (TPSA) is 117 Å². The number of rotatable bonds is 6. The van der Waals surface area contributed by atoms with Crippen molar-refractivity contribution >= 4 is 0 Å². The SMILES string of the molecule is C#C.CN.[NH-]CCN/C(=C/CO)OCN.[Y]. The van der Waals surface area contributed by atoms with E-state index in [4.69, 9.17) is 21.3 Å². The van der Waals surface area contributed by atoms with Crippen LogP contribution in [0.3, 0.4) is 0 Å². The van der Waals surface area contributed by atoms with Gasteiger partial charge in [-0.25, -0.2) is 0 Å². The van der Waals surface area contributed by atoms with Crippen LogP contribution in [0.1, 0.15) is 0 Å². The van der Waals surface area contributed by atoms with Crippen LogP contribution in [0.5, 0.6) is 0 Å². The first-order chi connectivity index (χ1) is 7.35. The summed E-state index contributed by atoms with van der Waals surface area (Å²) < 4.78 is 4.87. The molecule has 16 heavy (non-hydrogen) atoms. The van der Waals surface area contributed by atoms with Crippen molar-refractivity contribution in [3.8, 4) is 12.8 Å². The Labute approximate surface area is 123 Å². The third-order valence-corrected chi connectivity index (χ3v) is 0.940. The number of hydrogen-bond donors (Lipinski definition) is 4. The molecule has 0 rings (SSSR count). The van der Waals surface area contributed by atoms with Crippen molar-refractivity contribution in [1.82, 2.24) is 5.32 Å². The van der Waals surface area contributed by atoms with Crippen molar-refractivity contribution in [3.63, 3.8) is 0 Å². The van der Waals surface area contributed by atoms with E-state index in [1.54, 1.807) is 0 Å². The van der Waals surface area contributed by atoms with Crippen molar-refractivity contribution in [3.05, 3.63) is 17.7 Å². The molecule has 0 unspecified atom stereocenters. The van der Waals surface area contributed by atoms with Crippen LogP contribution in [-0.4, -0.2) is 38.6 Å². The van der Waals surface area contributed by atoms with Gasteiger partial charge >= 0.3 is 0 Å². The molecule has 0 amide bonds. The Morgan fingerprint density at radius 2 is 2.00 bits per heavy atom. The van der Waals surface area contributed by atoms with Crippen LogP contribution in [0.15, 0.2) is 12.0 Å². The molecule has 0 atom stereocenters. The van der Waals surface area contributed by atoms with E-state index in [1.807, 2.05) is 0 Å². The van der Waals surface area contributed by atoms with Crippen LogP contribution >= 0.6 is 0 Å². The Morgan fingerprint density at radius 1 is 1.50 bits per heavy atom. The van der Waals surface area contributed by atoms with Gasteiger partial charge < -0.3 is 26.6 Å². The van der Waals surface area contributed by atoms with Crippen molar-refractivity contribution in [2.45, 2.75) is 0 Å². The van der Waals surface area contributed by atoms with Gasteiger partial charge in [0.2, 0.25) is 0 Å². The molecule has 0 aliphatic heterocycles. The maximum atomic E-state index is 8.48. The molecule has 0 saturated heterocycles. The Morgan fingerprint density at radius 3 is 2.31 bits per heavy atom. The number of aliphatic hydroxyl groups excluding tert-OH is 1. The normalized spacial score (nSPS) is 8.31. The molecule has 0 heterocycles. The number of nitrogens with one attached hydrogen (secondary N) is 2. The van der Waals surface area contributed by atoms with Crippen molar-refractivity contribution < 1.29 is 42.6 Å². The van der Waals surface area contributed by atoms with E-state index in [2.05, 4.69) is 23.9 Å². The van der Waals surface area contributed by atoms with Crippen molar-refractivity contribution in [1.29, 1.82) is 0 Å². The number of aliphatic hydroxyl groups is 1. The van der Waals surface area contributed by atoms with Gasteiger partial charge in [-0.2, -0.15) is 0 Å². The molecule has 0 aromatic carbocycles. The molecule has 0 aliphatic rings. The van der Waals surface area contributed by atoms with Gasteiger partial charge in [0, 0.05) is 38.8 Å². The quantitative estimate of drug-likeness (QED) is 0.292. The van der Waals surface area contributed by atoms with Gasteiger partial charge in [-0.05, 0) is 13.6 Å². The van der Waals surface area contributed by atoms with Gasteiger partial charge in [-0.15, -0.1) is 19.4 Å². The van der Waals surface area contributed by atoms with Gasteiger partial charge in [-0.1, -0.05) is 0 Å². The predicted molar refractivity (Wildman–Crippen MR) is 62.5 cm³/mol. The van der Waals surface area contributed by atoms with Crippen LogP contribution in [-0.2, 0) is 37.4 Å². The van der Waals surface area contributed by atoms with E-state index >= 15 is 0 Å². The fourth-order valence-electron chi connectivity index (χ4n) is 0.541. The Balaban J connectivity index is -0.000000129. The van der Waals surface area contributed by atoms with E-state index in [0.29, 0.717) is 12.4 Å². The molecule has 1 radical (unpaired) electrons. The molecule has 7 N–H and O–H groups in total. The summed E-state index contributed by atoms with van der Waals surface area (Å²) in [5.41, 5.74) is 16.4. The standard InChI is InChI=1S/C6H14N3O2.C2H2.CH5N.Y/c7-2-3-9-6(1-4-10)11-5-8;2*1-2;/h1,7,9-10H,2-5,8H2;1-2H;2H2,1H3;/q-1;;;/b6-1-;;;. The summed E-state index contributed by atoms with van der Waals surface area (Å²) in [5.74, 6) is 0.433. The molecule has 0 aromatic heterocycles. The summed E-state index contributed by atoms with van der Waals surface area (Å²) in [5, 5.41) is 11.3. The zero-order valence-electron chi connectivity index (χ0n) is 9.65. The van der Waals surface area contributed by atoms with Gasteiger partial charge in [0.15, 0.2) is 5.88 Å². The maximum Gasteiger partial charge on any atom is 0.186 e. The summed E-state index contributed by atoms with van der Waals surface area (Å²) in [4.78, 5) is 0. The molecule has 0 spiro atoms. The van der Waals surface area contributed by atoms with Crippen LogP contribution in [0.2, 0.25) is 0 Å².